The van der Waals surface area contributed by atoms with Gasteiger partial charge in [0.2, 0.25) is 12.3 Å². The van der Waals surface area contributed by atoms with E-state index in [9.17, 15) is 4.79 Å². The van der Waals surface area contributed by atoms with Crippen LogP contribution in [0.3, 0.4) is 0 Å². The second kappa shape index (κ2) is 15.1. The molecule has 3 fully saturated rings. The molecule has 0 aliphatic carbocycles. The van der Waals surface area contributed by atoms with Crippen LogP contribution in [0.1, 0.15) is 25.7 Å². The molecule has 10 heteroatoms. The molecular formula is C32H49N7O3. The number of carbonyl (C=O) groups excluding carboxylic acids is 1. The van der Waals surface area contributed by atoms with E-state index in [-0.39, 0.29) is 12.3 Å². The van der Waals surface area contributed by atoms with Crippen LogP contribution in [0.25, 0.3) is 0 Å². The molecule has 3 saturated heterocycles. The highest BCUT2D eigenvalue weighted by molar-refractivity contribution is 5.80. The van der Waals surface area contributed by atoms with E-state index in [2.05, 4.69) is 60.5 Å². The molecule has 0 bridgehead atoms. The summed E-state index contributed by atoms with van der Waals surface area (Å²) in [6.07, 6.45) is 9.33. The van der Waals surface area contributed by atoms with Crippen molar-refractivity contribution in [3.05, 3.63) is 48.2 Å². The largest absolute Gasteiger partial charge is 0.379 e. The maximum absolute atomic E-state index is 13.5. The van der Waals surface area contributed by atoms with Gasteiger partial charge >= 0.3 is 0 Å². The second-order valence-corrected chi connectivity index (χ2v) is 11.7. The van der Waals surface area contributed by atoms with Crippen molar-refractivity contribution in [2.24, 2.45) is 16.6 Å². The highest BCUT2D eigenvalue weighted by atomic mass is 16.5. The number of anilines is 2. The molecule has 4 aliphatic rings. The minimum Gasteiger partial charge on any atom is -0.379 e. The van der Waals surface area contributed by atoms with Crippen LogP contribution in [0.15, 0.2) is 53.2 Å². The summed E-state index contributed by atoms with van der Waals surface area (Å²) in [6.45, 7) is 13.8. The Morgan fingerprint density at radius 2 is 1.74 bits per heavy atom. The first kappa shape index (κ1) is 30.7. The Bertz CT molecular complexity index is 1090. The topological polar surface area (TPSA) is 90.1 Å². The summed E-state index contributed by atoms with van der Waals surface area (Å²) in [6, 6.07) is 9.01. The number of benzene rings is 1. The molecule has 0 aromatic heterocycles. The van der Waals surface area contributed by atoms with Gasteiger partial charge in [-0.25, -0.2) is 0 Å². The van der Waals surface area contributed by atoms with Crippen molar-refractivity contribution in [1.82, 2.24) is 14.7 Å². The van der Waals surface area contributed by atoms with E-state index in [4.69, 9.17) is 15.2 Å². The molecule has 1 aromatic rings. The third-order valence-corrected chi connectivity index (χ3v) is 9.18. The summed E-state index contributed by atoms with van der Waals surface area (Å²) >= 11 is 0. The number of hydrogen-bond acceptors (Lipinski definition) is 9. The van der Waals surface area contributed by atoms with Crippen LogP contribution in [-0.4, -0.2) is 125 Å². The van der Waals surface area contributed by atoms with Gasteiger partial charge in [-0.05, 0) is 63.2 Å². The van der Waals surface area contributed by atoms with Crippen molar-refractivity contribution in [3.63, 3.8) is 0 Å². The van der Waals surface area contributed by atoms with Gasteiger partial charge in [-0.15, -0.1) is 0 Å². The van der Waals surface area contributed by atoms with E-state index in [1.54, 1.807) is 6.20 Å². The summed E-state index contributed by atoms with van der Waals surface area (Å²) < 4.78 is 11.7. The molecule has 1 amide bonds. The van der Waals surface area contributed by atoms with E-state index in [1.165, 1.54) is 11.4 Å². The predicted octanol–water partition coefficient (Wildman–Crippen LogP) is 2.38. The number of nitrogens with two attached hydrogens (primary N) is 1. The number of para-hydroxylation sites is 2. The lowest BCUT2D eigenvalue weighted by molar-refractivity contribution is -0.138. The smallest absolute Gasteiger partial charge is 0.225 e. The van der Waals surface area contributed by atoms with Crippen molar-refractivity contribution in [2.75, 3.05) is 95.6 Å². The Labute approximate surface area is 251 Å². The second-order valence-electron chi connectivity index (χ2n) is 11.7. The van der Waals surface area contributed by atoms with Gasteiger partial charge in [0.25, 0.3) is 0 Å². The molecule has 42 heavy (non-hydrogen) atoms. The molecule has 0 spiro atoms. The number of methoxy groups -OCH3 is 1. The fourth-order valence-corrected chi connectivity index (χ4v) is 6.93. The number of likely N-dealkylation sites (tertiary alicyclic amines) is 2. The lowest BCUT2D eigenvalue weighted by Gasteiger charge is -2.42. The minimum absolute atomic E-state index is 0.109. The lowest BCUT2D eigenvalue weighted by Crippen LogP contribution is -2.55. The summed E-state index contributed by atoms with van der Waals surface area (Å²) in [7, 11) is 1.82. The molecule has 4 aliphatic heterocycles. The molecule has 1 aromatic carbocycles. The molecule has 4 heterocycles. The highest BCUT2D eigenvalue weighted by Gasteiger charge is 2.41. The Morgan fingerprint density at radius 3 is 2.40 bits per heavy atom. The summed E-state index contributed by atoms with van der Waals surface area (Å²) in [5.41, 5.74) is 9.20. The van der Waals surface area contributed by atoms with Crippen LogP contribution in [0.4, 0.5) is 11.4 Å². The molecule has 2 N–H and O–H groups in total. The number of aliphatic imine (C=N–C) groups is 1. The first-order valence-electron chi connectivity index (χ1n) is 15.6. The van der Waals surface area contributed by atoms with Crippen molar-refractivity contribution >= 4 is 24.0 Å². The molecule has 0 radical (unpaired) electrons. The maximum atomic E-state index is 13.5. The first-order valence-corrected chi connectivity index (χ1v) is 15.6. The summed E-state index contributed by atoms with van der Waals surface area (Å²) in [4.78, 5) is 29.4. The molecule has 1 unspecified atom stereocenters. The van der Waals surface area contributed by atoms with Gasteiger partial charge < -0.3 is 29.9 Å². The zero-order valence-corrected chi connectivity index (χ0v) is 25.3. The number of hydrogen-bond donors (Lipinski definition) is 1. The number of ether oxygens (including phenoxy) is 2. The molecule has 1 atom stereocenters. The number of amides is 1. The van der Waals surface area contributed by atoms with E-state index in [1.807, 2.05) is 19.3 Å². The Hall–Kier alpha value is -2.76. The molecular weight excluding hydrogens is 530 g/mol. The summed E-state index contributed by atoms with van der Waals surface area (Å²) in [5.74, 6) is 0.439. The maximum Gasteiger partial charge on any atom is 0.225 e. The van der Waals surface area contributed by atoms with Gasteiger partial charge in [0.1, 0.15) is 0 Å². The fourth-order valence-electron chi connectivity index (χ4n) is 6.93. The number of nitrogens with zero attached hydrogens (tertiary/aromatic N) is 6. The Morgan fingerprint density at radius 1 is 1.02 bits per heavy atom. The molecule has 0 saturated carbocycles. The summed E-state index contributed by atoms with van der Waals surface area (Å²) in [5, 5.41) is 0. The first-order chi connectivity index (χ1) is 20.6. The normalized spacial score (nSPS) is 23.6. The quantitative estimate of drug-likeness (QED) is 0.316. The van der Waals surface area contributed by atoms with E-state index < -0.39 is 0 Å². The lowest BCUT2D eigenvalue weighted by atomic mass is 9.93. The van der Waals surface area contributed by atoms with Gasteiger partial charge in [-0.1, -0.05) is 24.3 Å². The average molecular weight is 580 g/mol. The number of carbonyl (C=O) groups is 1. The average Bonchev–Trinajstić information content (AvgIpc) is 3.36. The van der Waals surface area contributed by atoms with Crippen molar-refractivity contribution in [1.29, 1.82) is 0 Å². The Kier molecular flexibility index (Phi) is 11.0. The van der Waals surface area contributed by atoms with Crippen LogP contribution < -0.4 is 15.5 Å². The van der Waals surface area contributed by atoms with Gasteiger partial charge in [0, 0.05) is 77.6 Å². The zero-order chi connectivity index (χ0) is 29.3. The Balaban J connectivity index is 1.14. The minimum atomic E-state index is -0.130. The number of rotatable bonds is 11. The third-order valence-electron chi connectivity index (χ3n) is 9.18. The number of fused-ring (bicyclic) bond motifs is 1. The SMILES string of the molecule is C=N/C=C(\C=C/CN)CN1CCC(C(=O)N2CCC(N3c4ccccc4N(CCN4CCOCC4)C3OC)CC2)CC1. The van der Waals surface area contributed by atoms with E-state index >= 15 is 0 Å². The predicted molar refractivity (Wildman–Crippen MR) is 169 cm³/mol. The van der Waals surface area contributed by atoms with Gasteiger partial charge in [0.15, 0.2) is 0 Å². The highest BCUT2D eigenvalue weighted by Crippen LogP contribution is 2.42. The van der Waals surface area contributed by atoms with E-state index in [0.29, 0.717) is 18.5 Å². The van der Waals surface area contributed by atoms with Crippen molar-refractivity contribution < 1.29 is 14.3 Å². The standard InChI is InChI=1S/C32H49N7O3/c1-34-24-26(6-5-13-33)25-36-14-9-27(10-15-36)31(40)37-16-11-28(12-17-37)39-30-8-4-3-7-29(30)38(32(39)41-2)19-18-35-20-22-42-23-21-35/h3-8,24,27-28,32H,1,9-23,25,33H2,2H3/b6-5-,26-24+. The van der Waals surface area contributed by atoms with Crippen molar-refractivity contribution in [2.45, 2.75) is 38.1 Å². The van der Waals surface area contributed by atoms with Gasteiger partial charge in [0.05, 0.1) is 24.6 Å². The molecule has 10 nitrogen and oxygen atoms in total. The molecule has 230 valence electrons. The van der Waals surface area contributed by atoms with E-state index in [0.717, 1.165) is 103 Å². The van der Waals surface area contributed by atoms with Crippen LogP contribution >= 0.6 is 0 Å². The van der Waals surface area contributed by atoms with Crippen LogP contribution in [0.2, 0.25) is 0 Å². The monoisotopic (exact) mass is 579 g/mol. The van der Waals surface area contributed by atoms with Crippen LogP contribution in [0, 0.1) is 5.92 Å². The third kappa shape index (κ3) is 7.23. The van der Waals surface area contributed by atoms with Crippen LogP contribution in [0.5, 0.6) is 0 Å². The van der Waals surface area contributed by atoms with Crippen LogP contribution in [-0.2, 0) is 14.3 Å². The number of piperidine rings is 2. The fraction of sp³-hybridized carbons (Fsp3) is 0.625. The number of morpholine rings is 1. The molecule has 5 rings (SSSR count). The van der Waals surface area contributed by atoms with Gasteiger partial charge in [-0.3, -0.25) is 19.6 Å². The van der Waals surface area contributed by atoms with Crippen molar-refractivity contribution in [3.8, 4) is 0 Å². The van der Waals surface area contributed by atoms with Gasteiger partial charge in [-0.2, -0.15) is 0 Å². The zero-order valence-electron chi connectivity index (χ0n) is 25.3.